The molecular formula is C27H35FN4O. The van der Waals surface area contributed by atoms with Crippen LogP contribution in [-0.4, -0.2) is 60.1 Å². The molecule has 0 spiro atoms. The van der Waals surface area contributed by atoms with Crippen molar-refractivity contribution < 1.29 is 9.18 Å². The van der Waals surface area contributed by atoms with E-state index in [0.29, 0.717) is 42.8 Å². The zero-order valence-corrected chi connectivity index (χ0v) is 19.9. The highest BCUT2D eigenvalue weighted by Gasteiger charge is 2.44. The molecule has 3 heterocycles. The van der Waals surface area contributed by atoms with Crippen LogP contribution in [-0.2, 0) is 0 Å². The van der Waals surface area contributed by atoms with Crippen LogP contribution in [0.15, 0.2) is 42.5 Å². The Hall–Kier alpha value is -2.60. The standard InChI is InChI=1S/C27H35FN4O/c1-18(2)31-16-23-15-22(31)17-32(23)25-6-4-5-24(28)26(25)29-27(33)30-13-11-21(12-14-30)20-9-7-19(3)8-10-20/h4-10,18,21-23H,11-17H2,1-3H3,(H,29,33)/t22-,23-/m0/s1. The van der Waals surface area contributed by atoms with Gasteiger partial charge in [0.25, 0.3) is 0 Å². The number of piperazine rings is 1. The van der Waals surface area contributed by atoms with Crippen molar-refractivity contribution in [1.82, 2.24) is 9.80 Å². The second-order valence-corrected chi connectivity index (χ2v) is 10.2. The molecule has 1 N–H and O–H groups in total. The van der Waals surface area contributed by atoms with Crippen LogP contribution in [0.3, 0.4) is 0 Å². The number of halogens is 1. The van der Waals surface area contributed by atoms with Gasteiger partial charge in [-0.3, -0.25) is 4.90 Å². The number of carbonyl (C=O) groups excluding carboxylic acids is 1. The van der Waals surface area contributed by atoms with Crippen molar-refractivity contribution in [3.63, 3.8) is 0 Å². The molecule has 33 heavy (non-hydrogen) atoms. The van der Waals surface area contributed by atoms with Crippen LogP contribution in [0.2, 0.25) is 0 Å². The first-order valence-corrected chi connectivity index (χ1v) is 12.3. The van der Waals surface area contributed by atoms with Crippen molar-refractivity contribution in [2.24, 2.45) is 0 Å². The quantitative estimate of drug-likeness (QED) is 0.694. The Morgan fingerprint density at radius 2 is 1.76 bits per heavy atom. The predicted molar refractivity (Wildman–Crippen MR) is 132 cm³/mol. The molecule has 3 aliphatic heterocycles. The fourth-order valence-electron chi connectivity index (χ4n) is 5.94. The molecule has 6 heteroatoms. The summed E-state index contributed by atoms with van der Waals surface area (Å²) in [6, 6.07) is 15.0. The van der Waals surface area contributed by atoms with Crippen LogP contribution < -0.4 is 10.2 Å². The van der Waals surface area contributed by atoms with Gasteiger partial charge in [0, 0.05) is 44.3 Å². The second-order valence-electron chi connectivity index (χ2n) is 10.2. The SMILES string of the molecule is Cc1ccc(C2CCN(C(=O)Nc3c(F)cccc3N3C[C@@H]4C[C@H]3CN4C(C)C)CC2)cc1. The lowest BCUT2D eigenvalue weighted by molar-refractivity contribution is 0.191. The Balaban J connectivity index is 1.25. The number of piperidine rings is 1. The number of hydrogen-bond acceptors (Lipinski definition) is 3. The summed E-state index contributed by atoms with van der Waals surface area (Å²) in [5.41, 5.74) is 3.75. The van der Waals surface area contributed by atoms with E-state index in [4.69, 9.17) is 0 Å². The van der Waals surface area contributed by atoms with Crippen molar-refractivity contribution in [2.45, 2.75) is 64.1 Å². The van der Waals surface area contributed by atoms with E-state index < -0.39 is 0 Å². The molecule has 0 aliphatic carbocycles. The summed E-state index contributed by atoms with van der Waals surface area (Å²) in [5.74, 6) is 0.113. The molecule has 2 atom stereocenters. The Labute approximate surface area is 196 Å². The Morgan fingerprint density at radius 1 is 1.03 bits per heavy atom. The maximum Gasteiger partial charge on any atom is 0.321 e. The molecule has 0 unspecified atom stereocenters. The highest BCUT2D eigenvalue weighted by atomic mass is 19.1. The smallest absolute Gasteiger partial charge is 0.321 e. The molecule has 2 amide bonds. The van der Waals surface area contributed by atoms with E-state index in [9.17, 15) is 9.18 Å². The summed E-state index contributed by atoms with van der Waals surface area (Å²) in [5, 5.41) is 2.94. The van der Waals surface area contributed by atoms with E-state index in [0.717, 1.165) is 38.0 Å². The largest absolute Gasteiger partial charge is 0.364 e. The van der Waals surface area contributed by atoms with E-state index in [2.05, 4.69) is 60.2 Å². The van der Waals surface area contributed by atoms with Gasteiger partial charge in [-0.15, -0.1) is 0 Å². The topological polar surface area (TPSA) is 38.8 Å². The third-order valence-electron chi connectivity index (χ3n) is 7.81. The molecule has 2 aromatic rings. The molecule has 2 bridgehead atoms. The number of likely N-dealkylation sites (tertiary alicyclic amines) is 2. The van der Waals surface area contributed by atoms with Gasteiger partial charge in [0.05, 0.1) is 5.69 Å². The van der Waals surface area contributed by atoms with E-state index in [1.807, 2.05) is 11.0 Å². The molecule has 5 rings (SSSR count). The number of fused-ring (bicyclic) bond motifs is 2. The number of nitrogens with zero attached hydrogens (tertiary/aromatic N) is 3. The number of para-hydroxylation sites is 1. The number of amides is 2. The zero-order chi connectivity index (χ0) is 23.1. The Bertz CT molecular complexity index is 1000. The van der Waals surface area contributed by atoms with Crippen LogP contribution in [0.4, 0.5) is 20.6 Å². The lowest BCUT2D eigenvalue weighted by Crippen LogP contribution is -2.49. The maximum absolute atomic E-state index is 14.9. The maximum atomic E-state index is 14.9. The van der Waals surface area contributed by atoms with E-state index in [1.54, 1.807) is 6.07 Å². The number of nitrogens with one attached hydrogen (secondary N) is 1. The lowest BCUT2D eigenvalue weighted by Gasteiger charge is -2.38. The molecule has 2 aromatic carbocycles. The summed E-state index contributed by atoms with van der Waals surface area (Å²) in [6.07, 6.45) is 2.97. The number of hydrogen-bond donors (Lipinski definition) is 1. The van der Waals surface area contributed by atoms with Crippen LogP contribution in [0.5, 0.6) is 0 Å². The summed E-state index contributed by atoms with van der Waals surface area (Å²) in [6.45, 7) is 9.83. The van der Waals surface area contributed by atoms with Crippen LogP contribution in [0, 0.1) is 12.7 Å². The minimum atomic E-state index is -0.362. The van der Waals surface area contributed by atoms with E-state index >= 15 is 0 Å². The number of carbonyl (C=O) groups is 1. The first-order chi connectivity index (χ1) is 15.9. The predicted octanol–water partition coefficient (Wildman–Crippen LogP) is 5.22. The molecule has 5 nitrogen and oxygen atoms in total. The normalized spacial score (nSPS) is 23.5. The average molecular weight is 451 g/mol. The van der Waals surface area contributed by atoms with Crippen LogP contribution in [0.1, 0.15) is 50.2 Å². The molecular weight excluding hydrogens is 415 g/mol. The summed E-state index contributed by atoms with van der Waals surface area (Å²) in [4.78, 5) is 19.8. The minimum Gasteiger partial charge on any atom is -0.364 e. The molecule has 0 radical (unpaired) electrons. The third-order valence-corrected chi connectivity index (χ3v) is 7.81. The molecule has 3 fully saturated rings. The average Bonchev–Trinajstić information content (AvgIpc) is 3.42. The van der Waals surface area contributed by atoms with Crippen molar-refractivity contribution >= 4 is 17.4 Å². The van der Waals surface area contributed by atoms with Gasteiger partial charge in [0.1, 0.15) is 11.5 Å². The first kappa shape index (κ1) is 22.2. The van der Waals surface area contributed by atoms with Crippen LogP contribution in [0.25, 0.3) is 0 Å². The number of aryl methyl sites for hydroxylation is 1. The highest BCUT2D eigenvalue weighted by molar-refractivity contribution is 5.93. The van der Waals surface area contributed by atoms with E-state index in [-0.39, 0.29) is 11.8 Å². The molecule has 3 saturated heterocycles. The third kappa shape index (κ3) is 4.33. The van der Waals surface area contributed by atoms with Crippen molar-refractivity contribution in [3.8, 4) is 0 Å². The summed E-state index contributed by atoms with van der Waals surface area (Å²) in [7, 11) is 0. The van der Waals surface area contributed by atoms with Gasteiger partial charge in [0.15, 0.2) is 0 Å². The monoisotopic (exact) mass is 450 g/mol. The van der Waals surface area contributed by atoms with Gasteiger partial charge < -0.3 is 15.1 Å². The number of anilines is 2. The Morgan fingerprint density at radius 3 is 2.39 bits per heavy atom. The van der Waals surface area contributed by atoms with Crippen molar-refractivity contribution in [2.75, 3.05) is 36.4 Å². The molecule has 176 valence electrons. The van der Waals surface area contributed by atoms with Gasteiger partial charge >= 0.3 is 6.03 Å². The van der Waals surface area contributed by atoms with Gasteiger partial charge in [-0.05, 0) is 63.6 Å². The number of benzene rings is 2. The van der Waals surface area contributed by atoms with Crippen molar-refractivity contribution in [3.05, 3.63) is 59.4 Å². The minimum absolute atomic E-state index is 0.197. The van der Waals surface area contributed by atoms with Gasteiger partial charge in [-0.25, -0.2) is 9.18 Å². The van der Waals surface area contributed by atoms with Gasteiger partial charge in [-0.2, -0.15) is 0 Å². The second kappa shape index (κ2) is 8.98. The number of rotatable bonds is 4. The molecule has 0 aromatic heterocycles. The fourth-order valence-corrected chi connectivity index (χ4v) is 5.94. The van der Waals surface area contributed by atoms with E-state index in [1.165, 1.54) is 17.2 Å². The zero-order valence-electron chi connectivity index (χ0n) is 19.9. The van der Waals surface area contributed by atoms with Crippen LogP contribution >= 0.6 is 0 Å². The molecule has 3 aliphatic rings. The van der Waals surface area contributed by atoms with Crippen molar-refractivity contribution in [1.29, 1.82) is 0 Å². The highest BCUT2D eigenvalue weighted by Crippen LogP contribution is 2.40. The fraction of sp³-hybridized carbons (Fsp3) is 0.519. The first-order valence-electron chi connectivity index (χ1n) is 12.3. The Kier molecular flexibility index (Phi) is 6.04. The lowest BCUT2D eigenvalue weighted by atomic mass is 9.89. The molecule has 0 saturated carbocycles. The number of urea groups is 1. The van der Waals surface area contributed by atoms with Gasteiger partial charge in [0.2, 0.25) is 0 Å². The van der Waals surface area contributed by atoms with Gasteiger partial charge in [-0.1, -0.05) is 35.9 Å². The summed E-state index contributed by atoms with van der Waals surface area (Å²) >= 11 is 0. The summed E-state index contributed by atoms with van der Waals surface area (Å²) < 4.78 is 14.9.